The number of para-hydroxylation sites is 1. The zero-order valence-electron chi connectivity index (χ0n) is 14.2. The molecular weight excluding hydrogens is 324 g/mol. The maximum absolute atomic E-state index is 13.2. The van der Waals surface area contributed by atoms with Crippen LogP contribution in [0.25, 0.3) is 0 Å². The quantitative estimate of drug-likeness (QED) is 0.909. The van der Waals surface area contributed by atoms with Crippen LogP contribution in [0.4, 0.5) is 14.5 Å². The number of carbonyl (C=O) groups is 1. The number of nitrogens with one attached hydrogen (secondary N) is 1. The van der Waals surface area contributed by atoms with E-state index in [2.05, 4.69) is 16.3 Å². The molecule has 1 saturated heterocycles. The number of halogens is 2. The van der Waals surface area contributed by atoms with Crippen molar-refractivity contribution >= 4 is 11.6 Å². The Bertz CT molecular complexity index is 663. The average Bonchev–Trinajstić information content (AvgIpc) is 3.00. The van der Waals surface area contributed by atoms with Crippen molar-refractivity contribution in [3.05, 3.63) is 29.8 Å². The van der Waals surface area contributed by atoms with E-state index in [1.165, 1.54) is 0 Å². The minimum Gasteiger partial charge on any atom is -0.370 e. The molecule has 1 amide bonds. The van der Waals surface area contributed by atoms with E-state index in [0.717, 1.165) is 31.6 Å². The van der Waals surface area contributed by atoms with Gasteiger partial charge in [0.05, 0.1) is 11.3 Å². The number of piperidine rings is 1. The molecule has 1 aromatic rings. The Kier molecular flexibility index (Phi) is 5.22. The molecule has 1 unspecified atom stereocenters. The summed E-state index contributed by atoms with van der Waals surface area (Å²) in [6.45, 7) is 2.22. The molecule has 6 heteroatoms. The van der Waals surface area contributed by atoms with Crippen molar-refractivity contribution in [2.45, 2.75) is 38.0 Å². The molecule has 4 nitrogen and oxygen atoms in total. The second kappa shape index (κ2) is 7.38. The lowest BCUT2D eigenvalue weighted by atomic mass is 9.95. The molecule has 25 heavy (non-hydrogen) atoms. The summed E-state index contributed by atoms with van der Waals surface area (Å²) in [6.07, 6.45) is 1.62. The average molecular weight is 347 g/mol. The molecule has 2 fully saturated rings. The smallest absolute Gasteiger partial charge is 0.248 e. The molecule has 2 aliphatic rings. The molecule has 1 heterocycles. The Labute approximate surface area is 146 Å². The Hall–Kier alpha value is -2.16. The SMILES string of the molecule is N#Cc1ccccc1N1CCC(CNC(=O)C2CCC(F)(F)C2)CC1. The minimum atomic E-state index is -2.68. The molecule has 1 N–H and O–H groups in total. The fraction of sp³-hybridized carbons (Fsp3) is 0.579. The lowest BCUT2D eigenvalue weighted by Gasteiger charge is -2.34. The normalized spacial score (nSPS) is 23.2. The van der Waals surface area contributed by atoms with Crippen molar-refractivity contribution < 1.29 is 13.6 Å². The van der Waals surface area contributed by atoms with Gasteiger partial charge in [0.1, 0.15) is 6.07 Å². The van der Waals surface area contributed by atoms with Gasteiger partial charge in [-0.2, -0.15) is 5.26 Å². The van der Waals surface area contributed by atoms with Crippen LogP contribution >= 0.6 is 0 Å². The van der Waals surface area contributed by atoms with Gasteiger partial charge < -0.3 is 10.2 Å². The lowest BCUT2D eigenvalue weighted by Crippen LogP contribution is -2.40. The maximum Gasteiger partial charge on any atom is 0.248 e. The Morgan fingerprint density at radius 2 is 2.00 bits per heavy atom. The third kappa shape index (κ3) is 4.28. The molecule has 1 aromatic carbocycles. The summed E-state index contributed by atoms with van der Waals surface area (Å²) in [5, 5.41) is 12.1. The molecule has 1 saturated carbocycles. The molecule has 0 spiro atoms. The van der Waals surface area contributed by atoms with Crippen LogP contribution in [0.15, 0.2) is 24.3 Å². The van der Waals surface area contributed by atoms with Crippen LogP contribution in [0.3, 0.4) is 0 Å². The fourth-order valence-electron chi connectivity index (χ4n) is 3.79. The summed E-state index contributed by atoms with van der Waals surface area (Å²) >= 11 is 0. The Balaban J connectivity index is 1.45. The van der Waals surface area contributed by atoms with Crippen LogP contribution in [0.2, 0.25) is 0 Å². The third-order valence-electron chi connectivity index (χ3n) is 5.32. The number of benzene rings is 1. The molecule has 134 valence electrons. The van der Waals surface area contributed by atoms with Gasteiger partial charge in [0.25, 0.3) is 0 Å². The number of amides is 1. The number of carbonyl (C=O) groups excluding carboxylic acids is 1. The van der Waals surface area contributed by atoms with Crippen molar-refractivity contribution in [3.8, 4) is 6.07 Å². The number of anilines is 1. The highest BCUT2D eigenvalue weighted by molar-refractivity contribution is 5.79. The first kappa shape index (κ1) is 17.7. The van der Waals surface area contributed by atoms with E-state index in [1.807, 2.05) is 24.3 Å². The molecule has 0 bridgehead atoms. The van der Waals surface area contributed by atoms with Crippen LogP contribution in [0, 0.1) is 23.2 Å². The molecular formula is C19H23F2N3O. The van der Waals surface area contributed by atoms with Crippen LogP contribution in [0.1, 0.15) is 37.7 Å². The first-order valence-corrected chi connectivity index (χ1v) is 8.88. The second-order valence-electron chi connectivity index (χ2n) is 7.10. The largest absolute Gasteiger partial charge is 0.370 e. The molecule has 3 rings (SSSR count). The van der Waals surface area contributed by atoms with Crippen LogP contribution in [-0.2, 0) is 4.79 Å². The summed E-state index contributed by atoms with van der Waals surface area (Å²) in [5.41, 5.74) is 1.64. The van der Waals surface area contributed by atoms with Gasteiger partial charge in [0, 0.05) is 38.4 Å². The molecule has 1 aliphatic carbocycles. The summed E-state index contributed by atoms with van der Waals surface area (Å²) < 4.78 is 26.4. The van der Waals surface area contributed by atoms with E-state index in [0.29, 0.717) is 18.0 Å². The highest BCUT2D eigenvalue weighted by Crippen LogP contribution is 2.38. The standard InChI is InChI=1S/C19H23F2N3O/c20-19(21)8-5-15(11-19)18(25)23-13-14-6-9-24(10-7-14)17-4-2-1-3-16(17)12-22/h1-4,14-15H,5-11,13H2,(H,23,25). The van der Waals surface area contributed by atoms with Gasteiger partial charge in [-0.05, 0) is 37.3 Å². The van der Waals surface area contributed by atoms with Crippen molar-refractivity contribution in [2.24, 2.45) is 11.8 Å². The van der Waals surface area contributed by atoms with Crippen LogP contribution < -0.4 is 10.2 Å². The number of rotatable bonds is 4. The minimum absolute atomic E-state index is 0.179. The summed E-state index contributed by atoms with van der Waals surface area (Å²) in [6, 6.07) is 9.79. The van der Waals surface area contributed by atoms with E-state index >= 15 is 0 Å². The predicted molar refractivity (Wildman–Crippen MR) is 91.4 cm³/mol. The van der Waals surface area contributed by atoms with E-state index < -0.39 is 11.8 Å². The first-order valence-electron chi connectivity index (χ1n) is 8.88. The van der Waals surface area contributed by atoms with Gasteiger partial charge in [-0.25, -0.2) is 8.78 Å². The Morgan fingerprint density at radius 1 is 1.28 bits per heavy atom. The van der Waals surface area contributed by atoms with Gasteiger partial charge in [-0.1, -0.05) is 12.1 Å². The fourth-order valence-corrected chi connectivity index (χ4v) is 3.79. The van der Waals surface area contributed by atoms with Crippen LogP contribution in [-0.4, -0.2) is 31.5 Å². The highest BCUT2D eigenvalue weighted by atomic mass is 19.3. The molecule has 0 aromatic heterocycles. The number of nitrogens with zero attached hydrogens (tertiary/aromatic N) is 2. The van der Waals surface area contributed by atoms with E-state index in [4.69, 9.17) is 0 Å². The second-order valence-corrected chi connectivity index (χ2v) is 7.10. The Morgan fingerprint density at radius 3 is 2.64 bits per heavy atom. The van der Waals surface area contributed by atoms with Gasteiger partial charge in [-0.3, -0.25) is 4.79 Å². The van der Waals surface area contributed by atoms with E-state index in [1.54, 1.807) is 0 Å². The van der Waals surface area contributed by atoms with Gasteiger partial charge >= 0.3 is 0 Å². The van der Waals surface area contributed by atoms with Gasteiger partial charge in [0.15, 0.2) is 0 Å². The van der Waals surface area contributed by atoms with E-state index in [-0.39, 0.29) is 25.2 Å². The monoisotopic (exact) mass is 347 g/mol. The van der Waals surface area contributed by atoms with Gasteiger partial charge in [0.2, 0.25) is 11.8 Å². The van der Waals surface area contributed by atoms with Crippen molar-refractivity contribution in [1.82, 2.24) is 5.32 Å². The summed E-state index contributed by atoms with van der Waals surface area (Å²) in [4.78, 5) is 14.3. The lowest BCUT2D eigenvalue weighted by molar-refractivity contribution is -0.126. The summed E-state index contributed by atoms with van der Waals surface area (Å²) in [5.74, 6) is -3.09. The highest BCUT2D eigenvalue weighted by Gasteiger charge is 2.42. The zero-order valence-corrected chi connectivity index (χ0v) is 14.2. The first-order chi connectivity index (χ1) is 12.0. The summed E-state index contributed by atoms with van der Waals surface area (Å²) in [7, 11) is 0. The predicted octanol–water partition coefficient (Wildman–Crippen LogP) is 3.33. The molecule has 1 atom stereocenters. The number of alkyl halides is 2. The van der Waals surface area contributed by atoms with Crippen molar-refractivity contribution in [3.63, 3.8) is 0 Å². The number of hydrogen-bond acceptors (Lipinski definition) is 3. The zero-order chi connectivity index (χ0) is 17.9. The topological polar surface area (TPSA) is 56.1 Å². The maximum atomic E-state index is 13.2. The van der Waals surface area contributed by atoms with Gasteiger partial charge in [-0.15, -0.1) is 0 Å². The molecule has 0 radical (unpaired) electrons. The van der Waals surface area contributed by atoms with Crippen molar-refractivity contribution in [1.29, 1.82) is 5.26 Å². The van der Waals surface area contributed by atoms with E-state index in [9.17, 15) is 18.8 Å². The third-order valence-corrected chi connectivity index (χ3v) is 5.32. The number of hydrogen-bond donors (Lipinski definition) is 1. The molecule has 1 aliphatic heterocycles. The number of nitriles is 1. The van der Waals surface area contributed by atoms with Crippen molar-refractivity contribution in [2.75, 3.05) is 24.5 Å². The van der Waals surface area contributed by atoms with Crippen LogP contribution in [0.5, 0.6) is 0 Å².